The maximum atomic E-state index is 12.1. The third-order valence-corrected chi connectivity index (χ3v) is 5.87. The quantitative estimate of drug-likeness (QED) is 0.657. The van der Waals surface area contributed by atoms with Crippen molar-refractivity contribution in [2.75, 3.05) is 11.1 Å². The van der Waals surface area contributed by atoms with Gasteiger partial charge in [0.2, 0.25) is 5.89 Å². The summed E-state index contributed by atoms with van der Waals surface area (Å²) in [6.07, 6.45) is 0. The molecule has 0 fully saturated rings. The molecular formula is C17H14BrN3O4S. The third-order valence-electron chi connectivity index (χ3n) is 3.59. The van der Waals surface area contributed by atoms with Gasteiger partial charge < -0.3 is 4.42 Å². The van der Waals surface area contributed by atoms with Gasteiger partial charge in [-0.2, -0.15) is 0 Å². The number of hydrogen-bond acceptors (Lipinski definition) is 6. The lowest BCUT2D eigenvalue weighted by Gasteiger charge is -2.02. The molecule has 3 aromatic rings. The number of carbonyl (C=O) groups is 1. The van der Waals surface area contributed by atoms with E-state index in [4.69, 9.17) is 4.42 Å². The van der Waals surface area contributed by atoms with Crippen molar-refractivity contribution < 1.29 is 17.6 Å². The van der Waals surface area contributed by atoms with Crippen LogP contribution in [0.2, 0.25) is 0 Å². The summed E-state index contributed by atoms with van der Waals surface area (Å²) < 4.78 is 29.9. The highest BCUT2D eigenvalue weighted by Crippen LogP contribution is 2.22. The zero-order chi connectivity index (χ0) is 18.7. The number of sulfone groups is 1. The zero-order valence-corrected chi connectivity index (χ0v) is 16.0. The molecule has 1 heterocycles. The smallest absolute Gasteiger partial charge is 0.322 e. The van der Waals surface area contributed by atoms with Crippen molar-refractivity contribution in [3.63, 3.8) is 0 Å². The largest absolute Gasteiger partial charge is 0.403 e. The van der Waals surface area contributed by atoms with E-state index in [0.717, 1.165) is 4.47 Å². The second-order valence-electron chi connectivity index (χ2n) is 5.30. The third kappa shape index (κ3) is 4.00. The van der Waals surface area contributed by atoms with Gasteiger partial charge in [0.25, 0.3) is 5.91 Å². The first kappa shape index (κ1) is 18.3. The van der Waals surface area contributed by atoms with Crippen molar-refractivity contribution in [1.29, 1.82) is 0 Å². The Balaban J connectivity index is 1.75. The van der Waals surface area contributed by atoms with Gasteiger partial charge in [-0.3, -0.25) is 10.1 Å². The maximum Gasteiger partial charge on any atom is 0.322 e. The van der Waals surface area contributed by atoms with Gasteiger partial charge in [-0.05, 0) is 48.5 Å². The molecule has 134 valence electrons. The minimum absolute atomic E-state index is 0.0269. The lowest BCUT2D eigenvalue weighted by atomic mass is 10.2. The molecule has 1 amide bonds. The van der Waals surface area contributed by atoms with E-state index < -0.39 is 9.84 Å². The molecule has 0 aliphatic heterocycles. The summed E-state index contributed by atoms with van der Waals surface area (Å²) in [4.78, 5) is 12.4. The highest BCUT2D eigenvalue weighted by Gasteiger charge is 2.15. The monoisotopic (exact) mass is 435 g/mol. The van der Waals surface area contributed by atoms with Crippen LogP contribution in [0, 0.1) is 0 Å². The first-order valence-corrected chi connectivity index (χ1v) is 10.1. The molecule has 9 heteroatoms. The minimum atomic E-state index is -3.27. The molecular weight excluding hydrogens is 422 g/mol. The van der Waals surface area contributed by atoms with Gasteiger partial charge >= 0.3 is 6.01 Å². The van der Waals surface area contributed by atoms with E-state index in [9.17, 15) is 13.2 Å². The van der Waals surface area contributed by atoms with Gasteiger partial charge in [0.1, 0.15) is 0 Å². The number of carbonyl (C=O) groups excluding carboxylic acids is 1. The fraction of sp³-hybridized carbons (Fsp3) is 0.118. The van der Waals surface area contributed by atoms with E-state index in [0.29, 0.717) is 11.1 Å². The van der Waals surface area contributed by atoms with Crippen molar-refractivity contribution in [2.24, 2.45) is 0 Å². The van der Waals surface area contributed by atoms with Crippen LogP contribution in [0.4, 0.5) is 6.01 Å². The van der Waals surface area contributed by atoms with Crippen LogP contribution in [-0.4, -0.2) is 30.3 Å². The fourth-order valence-corrected chi connectivity index (χ4v) is 3.28. The van der Waals surface area contributed by atoms with Crippen LogP contribution in [0.3, 0.4) is 0 Å². The minimum Gasteiger partial charge on any atom is -0.403 e. The molecule has 0 aliphatic rings. The summed E-state index contributed by atoms with van der Waals surface area (Å²) in [6, 6.07) is 12.9. The summed E-state index contributed by atoms with van der Waals surface area (Å²) in [5, 5.41) is 10.2. The van der Waals surface area contributed by atoms with E-state index in [-0.39, 0.29) is 28.5 Å². The van der Waals surface area contributed by atoms with E-state index in [1.54, 1.807) is 43.3 Å². The highest BCUT2D eigenvalue weighted by molar-refractivity contribution is 9.10. The predicted octanol–water partition coefficient (Wildman–Crippen LogP) is 3.55. The molecule has 2 aromatic carbocycles. The number of nitrogens with one attached hydrogen (secondary N) is 1. The number of anilines is 1. The number of halogens is 1. The van der Waals surface area contributed by atoms with Crippen LogP contribution in [0.25, 0.3) is 11.5 Å². The van der Waals surface area contributed by atoms with Crippen LogP contribution in [0.15, 0.2) is 62.3 Å². The average Bonchev–Trinajstić information content (AvgIpc) is 3.11. The molecule has 7 nitrogen and oxygen atoms in total. The van der Waals surface area contributed by atoms with Gasteiger partial charge in [-0.25, -0.2) is 8.42 Å². The first-order chi connectivity index (χ1) is 12.4. The van der Waals surface area contributed by atoms with E-state index in [1.807, 2.05) is 0 Å². The van der Waals surface area contributed by atoms with Gasteiger partial charge in [-0.15, -0.1) is 5.10 Å². The Morgan fingerprint density at radius 3 is 2.35 bits per heavy atom. The van der Waals surface area contributed by atoms with Crippen LogP contribution in [0.5, 0.6) is 0 Å². The van der Waals surface area contributed by atoms with Gasteiger partial charge in [0, 0.05) is 15.6 Å². The Labute approximate surface area is 158 Å². The molecule has 0 bridgehead atoms. The molecule has 1 aromatic heterocycles. The number of rotatable bonds is 5. The van der Waals surface area contributed by atoms with Gasteiger partial charge in [-0.1, -0.05) is 28.0 Å². The number of benzene rings is 2. The average molecular weight is 436 g/mol. The topological polar surface area (TPSA) is 102 Å². The van der Waals surface area contributed by atoms with E-state index in [1.165, 1.54) is 12.1 Å². The molecule has 0 aliphatic carbocycles. The van der Waals surface area contributed by atoms with Crippen LogP contribution >= 0.6 is 15.9 Å². The Bertz CT molecular complexity index is 1030. The highest BCUT2D eigenvalue weighted by atomic mass is 79.9. The summed E-state index contributed by atoms with van der Waals surface area (Å²) in [5.74, 6) is -0.173. The van der Waals surface area contributed by atoms with Crippen molar-refractivity contribution in [3.05, 3.63) is 58.6 Å². The van der Waals surface area contributed by atoms with E-state index >= 15 is 0 Å². The molecule has 26 heavy (non-hydrogen) atoms. The van der Waals surface area contributed by atoms with Crippen molar-refractivity contribution in [1.82, 2.24) is 10.2 Å². The Kier molecular flexibility index (Phi) is 5.19. The van der Waals surface area contributed by atoms with Crippen LogP contribution in [-0.2, 0) is 9.84 Å². The second-order valence-corrected chi connectivity index (χ2v) is 8.50. The maximum absolute atomic E-state index is 12.1. The SMILES string of the molecule is CCS(=O)(=O)c1ccc(-c2nnc(NC(=O)c3ccc(Br)cc3)o2)cc1. The number of nitrogens with zero attached hydrogens (tertiary/aromatic N) is 2. The summed E-state index contributed by atoms with van der Waals surface area (Å²) in [7, 11) is -3.27. The molecule has 0 unspecified atom stereocenters. The molecule has 0 spiro atoms. The number of amides is 1. The normalized spacial score (nSPS) is 11.3. The van der Waals surface area contributed by atoms with Crippen molar-refractivity contribution in [3.8, 4) is 11.5 Å². The lowest BCUT2D eigenvalue weighted by Crippen LogP contribution is -2.11. The zero-order valence-electron chi connectivity index (χ0n) is 13.6. The Hall–Kier alpha value is -2.52. The van der Waals surface area contributed by atoms with Crippen LogP contribution in [0.1, 0.15) is 17.3 Å². The Morgan fingerprint density at radius 1 is 1.08 bits per heavy atom. The molecule has 0 radical (unpaired) electrons. The van der Waals surface area contributed by atoms with Gasteiger partial charge in [0.15, 0.2) is 9.84 Å². The molecule has 0 saturated carbocycles. The second kappa shape index (κ2) is 7.38. The fourth-order valence-electron chi connectivity index (χ4n) is 2.13. The summed E-state index contributed by atoms with van der Waals surface area (Å²) in [5.41, 5.74) is 0.999. The van der Waals surface area contributed by atoms with Crippen molar-refractivity contribution >= 4 is 37.7 Å². The number of aromatic nitrogens is 2. The summed E-state index contributed by atoms with van der Waals surface area (Å²) in [6.45, 7) is 1.58. The molecule has 0 saturated heterocycles. The number of hydrogen-bond donors (Lipinski definition) is 1. The van der Waals surface area contributed by atoms with Gasteiger partial charge in [0.05, 0.1) is 10.6 Å². The van der Waals surface area contributed by atoms with E-state index in [2.05, 4.69) is 31.4 Å². The lowest BCUT2D eigenvalue weighted by molar-refractivity contribution is 0.102. The standard InChI is InChI=1S/C17H14BrN3O4S/c1-2-26(23,24)14-9-5-12(6-10-14)16-20-21-17(25-16)19-15(22)11-3-7-13(18)8-4-11/h3-10H,2H2,1H3,(H,19,21,22). The molecule has 0 atom stereocenters. The molecule has 3 rings (SSSR count). The molecule has 1 N–H and O–H groups in total. The Morgan fingerprint density at radius 2 is 1.73 bits per heavy atom. The van der Waals surface area contributed by atoms with Crippen LogP contribution < -0.4 is 5.32 Å². The summed E-state index contributed by atoms with van der Waals surface area (Å²) >= 11 is 3.30. The predicted molar refractivity (Wildman–Crippen MR) is 99.6 cm³/mol. The van der Waals surface area contributed by atoms with Crippen molar-refractivity contribution in [2.45, 2.75) is 11.8 Å². The first-order valence-electron chi connectivity index (χ1n) is 7.62.